The average molecular weight is 306 g/mol. The van der Waals surface area contributed by atoms with Gasteiger partial charge >= 0.3 is 0 Å². The van der Waals surface area contributed by atoms with Gasteiger partial charge in [0.1, 0.15) is 5.75 Å². The van der Waals surface area contributed by atoms with E-state index >= 15 is 0 Å². The van der Waals surface area contributed by atoms with Crippen LogP contribution < -0.4 is 15.4 Å². The summed E-state index contributed by atoms with van der Waals surface area (Å²) in [7, 11) is 0. The van der Waals surface area contributed by atoms with Gasteiger partial charge in [0.2, 0.25) is 0 Å². The van der Waals surface area contributed by atoms with E-state index in [0.29, 0.717) is 18.1 Å². The molecule has 1 fully saturated rings. The molecule has 22 heavy (non-hydrogen) atoms. The molecule has 0 aliphatic carbocycles. The quantitative estimate of drug-likeness (QED) is 0.813. The van der Waals surface area contributed by atoms with E-state index in [4.69, 9.17) is 9.47 Å². The molecule has 0 bridgehead atoms. The Balaban J connectivity index is 1.86. The third-order valence-electron chi connectivity index (χ3n) is 3.90. The zero-order valence-electron chi connectivity index (χ0n) is 14.3. The van der Waals surface area contributed by atoms with E-state index in [0.717, 1.165) is 31.9 Å². The first-order chi connectivity index (χ1) is 10.5. The molecule has 0 aromatic heterocycles. The Morgan fingerprint density at radius 3 is 2.82 bits per heavy atom. The number of ether oxygens (including phenoxy) is 2. The molecule has 1 aromatic carbocycles. The van der Waals surface area contributed by atoms with Crippen LogP contribution in [0.15, 0.2) is 24.3 Å². The van der Waals surface area contributed by atoms with Gasteiger partial charge in [-0.1, -0.05) is 12.1 Å². The van der Waals surface area contributed by atoms with Crippen molar-refractivity contribution in [3.63, 3.8) is 0 Å². The van der Waals surface area contributed by atoms with Crippen LogP contribution in [-0.4, -0.2) is 37.9 Å². The fraction of sp³-hybridized carbons (Fsp3) is 0.667. The molecular formula is C18H30N2O2. The summed E-state index contributed by atoms with van der Waals surface area (Å²) in [6.07, 6.45) is 1.28. The topological polar surface area (TPSA) is 42.5 Å². The third-order valence-corrected chi connectivity index (χ3v) is 3.90. The highest BCUT2D eigenvalue weighted by Gasteiger charge is 2.18. The fourth-order valence-corrected chi connectivity index (χ4v) is 2.92. The molecule has 2 rings (SSSR count). The van der Waals surface area contributed by atoms with Gasteiger partial charge in [-0.05, 0) is 51.8 Å². The maximum absolute atomic E-state index is 5.78. The van der Waals surface area contributed by atoms with Crippen LogP contribution in [0.5, 0.6) is 5.75 Å². The summed E-state index contributed by atoms with van der Waals surface area (Å²) in [6.45, 7) is 11.2. The van der Waals surface area contributed by atoms with E-state index in [1.54, 1.807) is 0 Å². The maximum atomic E-state index is 5.78. The van der Waals surface area contributed by atoms with Crippen LogP contribution in [0, 0.1) is 0 Å². The molecule has 1 aromatic rings. The Kier molecular flexibility index (Phi) is 6.68. The van der Waals surface area contributed by atoms with Gasteiger partial charge in [-0.3, -0.25) is 0 Å². The van der Waals surface area contributed by atoms with Crippen molar-refractivity contribution in [3.8, 4) is 5.75 Å². The van der Waals surface area contributed by atoms with Gasteiger partial charge in [0.15, 0.2) is 0 Å². The largest absolute Gasteiger partial charge is 0.491 e. The minimum Gasteiger partial charge on any atom is -0.491 e. The summed E-state index contributed by atoms with van der Waals surface area (Å²) in [4.78, 5) is 0. The summed E-state index contributed by atoms with van der Waals surface area (Å²) in [5, 5.41) is 7.18. The van der Waals surface area contributed by atoms with Crippen LogP contribution in [0.25, 0.3) is 0 Å². The molecule has 4 heteroatoms. The van der Waals surface area contributed by atoms with Crippen LogP contribution in [0.2, 0.25) is 0 Å². The summed E-state index contributed by atoms with van der Waals surface area (Å²) < 4.78 is 11.3. The monoisotopic (exact) mass is 306 g/mol. The lowest BCUT2D eigenvalue weighted by molar-refractivity contribution is 0.0708. The van der Waals surface area contributed by atoms with E-state index in [1.165, 1.54) is 5.56 Å². The molecule has 124 valence electrons. The highest BCUT2D eigenvalue weighted by Crippen LogP contribution is 2.21. The van der Waals surface area contributed by atoms with Crippen LogP contribution in [-0.2, 0) is 4.74 Å². The summed E-state index contributed by atoms with van der Waals surface area (Å²) in [6, 6.07) is 9.56. The van der Waals surface area contributed by atoms with E-state index in [-0.39, 0.29) is 6.10 Å². The number of morpholine rings is 1. The predicted octanol–water partition coefficient (Wildman–Crippen LogP) is 2.89. The molecule has 1 heterocycles. The Labute approximate surface area is 134 Å². The van der Waals surface area contributed by atoms with Gasteiger partial charge in [-0.2, -0.15) is 0 Å². The maximum Gasteiger partial charge on any atom is 0.120 e. The van der Waals surface area contributed by atoms with Gasteiger partial charge in [-0.25, -0.2) is 0 Å². The molecule has 1 aliphatic rings. The zero-order valence-corrected chi connectivity index (χ0v) is 14.3. The minimum absolute atomic E-state index is 0.204. The zero-order chi connectivity index (χ0) is 15.9. The lowest BCUT2D eigenvalue weighted by Gasteiger charge is -2.28. The summed E-state index contributed by atoms with van der Waals surface area (Å²) in [5.74, 6) is 0.941. The number of hydrogen-bond acceptors (Lipinski definition) is 4. The van der Waals surface area contributed by atoms with Gasteiger partial charge < -0.3 is 20.1 Å². The second-order valence-electron chi connectivity index (χ2n) is 6.49. The number of nitrogens with one attached hydrogen (secondary N) is 2. The molecule has 3 atom stereocenters. The smallest absolute Gasteiger partial charge is 0.120 e. The first-order valence-corrected chi connectivity index (χ1v) is 8.38. The van der Waals surface area contributed by atoms with Crippen LogP contribution in [0.3, 0.4) is 0 Å². The van der Waals surface area contributed by atoms with Crippen molar-refractivity contribution >= 4 is 0 Å². The lowest BCUT2D eigenvalue weighted by Crippen LogP contribution is -2.45. The Bertz CT molecular complexity index is 444. The first kappa shape index (κ1) is 17.3. The van der Waals surface area contributed by atoms with Crippen molar-refractivity contribution < 1.29 is 9.47 Å². The van der Waals surface area contributed by atoms with Crippen LogP contribution >= 0.6 is 0 Å². The van der Waals surface area contributed by atoms with Crippen molar-refractivity contribution in [1.82, 2.24) is 10.6 Å². The average Bonchev–Trinajstić information content (AvgIpc) is 2.47. The molecule has 0 saturated carbocycles. The summed E-state index contributed by atoms with van der Waals surface area (Å²) >= 11 is 0. The van der Waals surface area contributed by atoms with Crippen molar-refractivity contribution in [2.24, 2.45) is 0 Å². The van der Waals surface area contributed by atoms with E-state index in [9.17, 15) is 0 Å². The molecule has 1 aliphatic heterocycles. The molecule has 0 spiro atoms. The highest BCUT2D eigenvalue weighted by atomic mass is 16.5. The lowest BCUT2D eigenvalue weighted by atomic mass is 10.0. The normalized spacial score (nSPS) is 21.6. The van der Waals surface area contributed by atoms with Crippen molar-refractivity contribution in [2.75, 3.05) is 19.8 Å². The molecule has 0 amide bonds. The van der Waals surface area contributed by atoms with Crippen molar-refractivity contribution in [2.45, 2.75) is 58.3 Å². The molecule has 4 nitrogen and oxygen atoms in total. The van der Waals surface area contributed by atoms with Gasteiger partial charge in [0.25, 0.3) is 0 Å². The van der Waals surface area contributed by atoms with Crippen molar-refractivity contribution in [1.29, 1.82) is 0 Å². The predicted molar refractivity (Wildman–Crippen MR) is 90.4 cm³/mol. The number of rotatable bonds is 7. The second-order valence-corrected chi connectivity index (χ2v) is 6.49. The molecule has 3 unspecified atom stereocenters. The van der Waals surface area contributed by atoms with Gasteiger partial charge in [0.05, 0.1) is 19.3 Å². The third kappa shape index (κ3) is 5.59. The molecule has 0 radical (unpaired) electrons. The Morgan fingerprint density at radius 2 is 2.14 bits per heavy atom. The van der Waals surface area contributed by atoms with Crippen molar-refractivity contribution in [3.05, 3.63) is 29.8 Å². The van der Waals surface area contributed by atoms with Gasteiger partial charge in [-0.15, -0.1) is 0 Å². The number of hydrogen-bond donors (Lipinski definition) is 2. The Morgan fingerprint density at radius 1 is 1.32 bits per heavy atom. The summed E-state index contributed by atoms with van der Waals surface area (Å²) in [5.41, 5.74) is 1.26. The standard InChI is InChI=1S/C18H30N2O2/c1-13(2)22-18-7-5-6-16(11-18)15(4)20-14(3)10-17-12-21-9-8-19-17/h5-7,11,13-15,17,19-20H,8-10,12H2,1-4H3. The molecular weight excluding hydrogens is 276 g/mol. The molecule has 2 N–H and O–H groups in total. The Hall–Kier alpha value is -1.10. The fourth-order valence-electron chi connectivity index (χ4n) is 2.92. The number of benzene rings is 1. The van der Waals surface area contributed by atoms with E-state index in [1.807, 2.05) is 6.07 Å². The molecule has 1 saturated heterocycles. The van der Waals surface area contributed by atoms with Crippen LogP contribution in [0.4, 0.5) is 0 Å². The van der Waals surface area contributed by atoms with E-state index in [2.05, 4.69) is 56.5 Å². The second kappa shape index (κ2) is 8.51. The first-order valence-electron chi connectivity index (χ1n) is 8.38. The van der Waals surface area contributed by atoms with E-state index < -0.39 is 0 Å². The van der Waals surface area contributed by atoms with Gasteiger partial charge in [0, 0.05) is 24.7 Å². The highest BCUT2D eigenvalue weighted by molar-refractivity contribution is 5.30. The van der Waals surface area contributed by atoms with Crippen LogP contribution in [0.1, 0.15) is 45.7 Å². The minimum atomic E-state index is 0.204. The SMILES string of the molecule is CC(CC1COCCN1)NC(C)c1cccc(OC(C)C)c1.